The van der Waals surface area contributed by atoms with E-state index in [9.17, 15) is 15.0 Å². The van der Waals surface area contributed by atoms with Gasteiger partial charge in [0.05, 0.1) is 12.2 Å². The third-order valence-electron chi connectivity index (χ3n) is 5.40. The summed E-state index contributed by atoms with van der Waals surface area (Å²) in [7, 11) is 0. The van der Waals surface area contributed by atoms with Crippen molar-refractivity contribution in [3.63, 3.8) is 0 Å². The lowest BCUT2D eigenvalue weighted by molar-refractivity contribution is -0.245. The quantitative estimate of drug-likeness (QED) is 0.858. The van der Waals surface area contributed by atoms with Crippen LogP contribution in [0.5, 0.6) is 0 Å². The van der Waals surface area contributed by atoms with Crippen molar-refractivity contribution in [1.29, 1.82) is 0 Å². The molecule has 2 atom stereocenters. The lowest BCUT2D eigenvalue weighted by atomic mass is 9.75. The number of carbonyl (C=O) groups excluding carboxylic acids is 1. The molecule has 3 rings (SSSR count). The molecule has 2 fully saturated rings. The van der Waals surface area contributed by atoms with E-state index in [1.807, 2.05) is 17.0 Å². The summed E-state index contributed by atoms with van der Waals surface area (Å²) in [6.07, 6.45) is 5.29. The van der Waals surface area contributed by atoms with Gasteiger partial charge in [0.2, 0.25) is 5.91 Å². The predicted octanol–water partition coefficient (Wildman–Crippen LogP) is 0.908. The van der Waals surface area contributed by atoms with Crippen LogP contribution < -0.4 is 0 Å². The molecular weight excluding hydrogens is 308 g/mol. The number of aromatic nitrogens is 1. The van der Waals surface area contributed by atoms with Crippen molar-refractivity contribution >= 4 is 5.91 Å². The molecule has 2 N–H and O–H groups in total. The molecule has 24 heavy (non-hydrogen) atoms. The first-order valence-electron chi connectivity index (χ1n) is 8.64. The standard InChI is InChI=1S/C18H26N2O4/c1-17(23)8-12-24-18(16(17)22)6-10-20(11-7-18)15(21)5-4-14-3-2-9-19-13-14/h2-3,9,13,16,22-23H,4-8,10-12H2,1H3/t16-,17+/m0/s1. The first kappa shape index (κ1) is 17.3. The van der Waals surface area contributed by atoms with E-state index in [-0.39, 0.29) is 5.91 Å². The van der Waals surface area contributed by atoms with Gasteiger partial charge in [-0.3, -0.25) is 9.78 Å². The lowest BCUT2D eigenvalue weighted by Crippen LogP contribution is -2.64. The average molecular weight is 334 g/mol. The largest absolute Gasteiger partial charge is 0.387 e. The Morgan fingerprint density at radius 2 is 2.17 bits per heavy atom. The number of rotatable bonds is 3. The van der Waals surface area contributed by atoms with Gasteiger partial charge in [0.1, 0.15) is 11.7 Å². The molecule has 0 aliphatic carbocycles. The number of piperidine rings is 1. The first-order valence-corrected chi connectivity index (χ1v) is 8.64. The number of ether oxygens (including phenoxy) is 1. The number of amides is 1. The van der Waals surface area contributed by atoms with E-state index >= 15 is 0 Å². The molecule has 0 radical (unpaired) electrons. The summed E-state index contributed by atoms with van der Waals surface area (Å²) in [5, 5.41) is 20.8. The maximum atomic E-state index is 12.4. The summed E-state index contributed by atoms with van der Waals surface area (Å²) >= 11 is 0. The van der Waals surface area contributed by atoms with Crippen LogP contribution in [0.4, 0.5) is 0 Å². The van der Waals surface area contributed by atoms with E-state index in [0.29, 0.717) is 51.8 Å². The van der Waals surface area contributed by atoms with Crippen LogP contribution in [0.15, 0.2) is 24.5 Å². The van der Waals surface area contributed by atoms with Crippen molar-refractivity contribution in [2.45, 2.75) is 56.3 Å². The minimum absolute atomic E-state index is 0.116. The molecule has 0 bridgehead atoms. The minimum Gasteiger partial charge on any atom is -0.387 e. The summed E-state index contributed by atoms with van der Waals surface area (Å²) in [6, 6.07) is 3.85. The summed E-state index contributed by atoms with van der Waals surface area (Å²) in [4.78, 5) is 18.3. The van der Waals surface area contributed by atoms with Gasteiger partial charge in [-0.2, -0.15) is 0 Å². The van der Waals surface area contributed by atoms with Crippen LogP contribution in [0, 0.1) is 0 Å². The van der Waals surface area contributed by atoms with Gasteiger partial charge in [0.15, 0.2) is 0 Å². The van der Waals surface area contributed by atoms with Gasteiger partial charge in [-0.05, 0) is 37.8 Å². The highest BCUT2D eigenvalue weighted by molar-refractivity contribution is 5.76. The molecule has 6 heteroatoms. The zero-order valence-electron chi connectivity index (χ0n) is 14.1. The van der Waals surface area contributed by atoms with Crippen LogP contribution in [0.2, 0.25) is 0 Å². The second-order valence-electron chi connectivity index (χ2n) is 7.17. The monoisotopic (exact) mass is 334 g/mol. The second-order valence-corrected chi connectivity index (χ2v) is 7.17. The first-order chi connectivity index (χ1) is 11.4. The molecule has 2 aliphatic rings. The zero-order valence-corrected chi connectivity index (χ0v) is 14.1. The van der Waals surface area contributed by atoms with Crippen molar-refractivity contribution in [2.75, 3.05) is 19.7 Å². The van der Waals surface area contributed by atoms with E-state index in [4.69, 9.17) is 4.74 Å². The van der Waals surface area contributed by atoms with Gasteiger partial charge in [0.25, 0.3) is 0 Å². The van der Waals surface area contributed by atoms with Crippen molar-refractivity contribution < 1.29 is 19.7 Å². The second kappa shape index (κ2) is 6.78. The Morgan fingerprint density at radius 1 is 1.42 bits per heavy atom. The van der Waals surface area contributed by atoms with Gasteiger partial charge in [-0.15, -0.1) is 0 Å². The van der Waals surface area contributed by atoms with Crippen LogP contribution in [0.25, 0.3) is 0 Å². The number of aryl methyl sites for hydroxylation is 1. The fraction of sp³-hybridized carbons (Fsp3) is 0.667. The van der Waals surface area contributed by atoms with Crippen LogP contribution in [0.3, 0.4) is 0 Å². The number of hydrogen-bond donors (Lipinski definition) is 2. The number of hydrogen-bond acceptors (Lipinski definition) is 5. The number of likely N-dealkylation sites (tertiary alicyclic amines) is 1. The van der Waals surface area contributed by atoms with Crippen LogP contribution in [0.1, 0.15) is 38.2 Å². The Bertz CT molecular complexity index is 568. The van der Waals surface area contributed by atoms with Crippen LogP contribution in [-0.2, 0) is 16.0 Å². The molecule has 1 aromatic rings. The molecule has 132 valence electrons. The summed E-state index contributed by atoms with van der Waals surface area (Å²) in [5.74, 6) is 0.116. The Morgan fingerprint density at radius 3 is 2.83 bits per heavy atom. The van der Waals surface area contributed by atoms with E-state index in [2.05, 4.69) is 4.98 Å². The number of pyridine rings is 1. The zero-order chi connectivity index (χ0) is 17.2. The molecule has 0 aromatic carbocycles. The molecule has 0 unspecified atom stereocenters. The van der Waals surface area contributed by atoms with Gasteiger partial charge in [-0.1, -0.05) is 6.07 Å². The number of carbonyl (C=O) groups is 1. The average Bonchev–Trinajstić information content (AvgIpc) is 2.59. The highest BCUT2D eigenvalue weighted by Gasteiger charge is 2.52. The van der Waals surface area contributed by atoms with Gasteiger partial charge < -0.3 is 19.8 Å². The van der Waals surface area contributed by atoms with Crippen molar-refractivity contribution in [3.8, 4) is 0 Å². The number of nitrogens with zero attached hydrogens (tertiary/aromatic N) is 2. The SMILES string of the molecule is C[C@@]1(O)CCOC2(CCN(C(=O)CCc3cccnc3)CC2)[C@H]1O. The summed E-state index contributed by atoms with van der Waals surface area (Å²) in [6.45, 7) is 3.21. The van der Waals surface area contributed by atoms with Gasteiger partial charge >= 0.3 is 0 Å². The third kappa shape index (κ3) is 3.45. The molecule has 1 amide bonds. The van der Waals surface area contributed by atoms with Gasteiger partial charge in [-0.25, -0.2) is 0 Å². The predicted molar refractivity (Wildman–Crippen MR) is 88.3 cm³/mol. The van der Waals surface area contributed by atoms with E-state index in [1.54, 1.807) is 19.3 Å². The lowest BCUT2D eigenvalue weighted by Gasteiger charge is -2.51. The van der Waals surface area contributed by atoms with Crippen molar-refractivity contribution in [2.24, 2.45) is 0 Å². The molecular formula is C18H26N2O4. The Labute approximate surface area is 142 Å². The maximum absolute atomic E-state index is 12.4. The molecule has 1 spiro atoms. The number of aliphatic hydroxyl groups excluding tert-OH is 1. The topological polar surface area (TPSA) is 82.9 Å². The van der Waals surface area contributed by atoms with E-state index < -0.39 is 17.3 Å². The maximum Gasteiger partial charge on any atom is 0.222 e. The fourth-order valence-corrected chi connectivity index (χ4v) is 3.75. The third-order valence-corrected chi connectivity index (χ3v) is 5.40. The summed E-state index contributed by atoms with van der Waals surface area (Å²) in [5.41, 5.74) is -0.784. The number of aliphatic hydroxyl groups is 2. The Hall–Kier alpha value is -1.50. The Kier molecular flexibility index (Phi) is 4.90. The highest BCUT2D eigenvalue weighted by Crippen LogP contribution is 2.39. The van der Waals surface area contributed by atoms with Crippen molar-refractivity contribution in [3.05, 3.63) is 30.1 Å². The smallest absolute Gasteiger partial charge is 0.222 e. The van der Waals surface area contributed by atoms with Crippen molar-refractivity contribution in [1.82, 2.24) is 9.88 Å². The van der Waals surface area contributed by atoms with Crippen LogP contribution >= 0.6 is 0 Å². The minimum atomic E-state index is -1.12. The van der Waals surface area contributed by atoms with E-state index in [0.717, 1.165) is 5.56 Å². The molecule has 6 nitrogen and oxygen atoms in total. The molecule has 0 saturated carbocycles. The fourth-order valence-electron chi connectivity index (χ4n) is 3.75. The molecule has 2 saturated heterocycles. The molecule has 2 aliphatic heterocycles. The Balaban J connectivity index is 1.54. The molecule has 1 aromatic heterocycles. The van der Waals surface area contributed by atoms with Gasteiger partial charge in [0, 0.05) is 38.3 Å². The van der Waals surface area contributed by atoms with Crippen LogP contribution in [-0.4, -0.2) is 63.0 Å². The van der Waals surface area contributed by atoms with E-state index in [1.165, 1.54) is 0 Å². The molecule has 3 heterocycles. The highest BCUT2D eigenvalue weighted by atomic mass is 16.5. The summed E-state index contributed by atoms with van der Waals surface area (Å²) < 4.78 is 5.86. The normalized spacial score (nSPS) is 29.6.